The van der Waals surface area contributed by atoms with Gasteiger partial charge in [-0.3, -0.25) is 4.57 Å². The molecule has 8 nitrogen and oxygen atoms in total. The zero-order chi connectivity index (χ0) is 16.5. The van der Waals surface area contributed by atoms with Crippen LogP contribution >= 0.6 is 0 Å². The van der Waals surface area contributed by atoms with Crippen LogP contribution < -0.4 is 10.4 Å². The third-order valence-electron chi connectivity index (χ3n) is 3.09. The second kappa shape index (κ2) is 5.75. The normalized spacial score (nSPS) is 30.5. The van der Waals surface area contributed by atoms with E-state index in [2.05, 4.69) is 15.6 Å². The van der Waals surface area contributed by atoms with Gasteiger partial charge < -0.3 is 24.8 Å². The number of aromatic nitrogens is 2. The molecule has 116 valence electrons. The van der Waals surface area contributed by atoms with Gasteiger partial charge in [0.15, 0.2) is 6.23 Å². The van der Waals surface area contributed by atoms with E-state index in [4.69, 9.17) is 22.7 Å². The molecule has 4 atom stereocenters. The van der Waals surface area contributed by atoms with Crippen molar-refractivity contribution in [1.82, 2.24) is 9.55 Å². The molecule has 0 aromatic carbocycles. The number of aliphatic hydroxyl groups excluding tert-OH is 3. The van der Waals surface area contributed by atoms with Crippen LogP contribution in [0.3, 0.4) is 0 Å². The second-order valence-electron chi connectivity index (χ2n) is 4.40. The summed E-state index contributed by atoms with van der Waals surface area (Å²) < 4.78 is 24.1. The van der Waals surface area contributed by atoms with Gasteiger partial charge in [0.1, 0.15) is 30.5 Å². The topological polar surface area (TPSA) is 114 Å². The molecule has 1 aliphatic rings. The van der Waals surface area contributed by atoms with Gasteiger partial charge in [0.2, 0.25) is 0 Å². The van der Waals surface area contributed by atoms with Crippen LogP contribution in [0.4, 0.5) is 4.39 Å². The lowest BCUT2D eigenvalue weighted by molar-refractivity contribution is -0.207. The average molecular weight is 310 g/mol. The van der Waals surface area contributed by atoms with Gasteiger partial charge in [-0.2, -0.15) is 4.98 Å². The first-order valence-corrected chi connectivity index (χ1v) is 5.94. The van der Waals surface area contributed by atoms with E-state index in [0.29, 0.717) is 4.57 Å². The van der Waals surface area contributed by atoms with E-state index in [1.54, 1.807) is 6.11 Å². The maximum Gasteiger partial charge on any atom is 0.353 e. The van der Waals surface area contributed by atoms with E-state index in [1.165, 1.54) is 0 Å². The van der Waals surface area contributed by atoms with Crippen molar-refractivity contribution in [2.45, 2.75) is 24.3 Å². The molecule has 1 aromatic heterocycles. The van der Waals surface area contributed by atoms with Crippen molar-refractivity contribution in [3.05, 3.63) is 22.2 Å². The fourth-order valence-corrected chi connectivity index (χ4v) is 1.97. The molecule has 2 rings (SSSR count). The molecule has 0 bridgehead atoms. The molecule has 0 unspecified atom stereocenters. The first-order valence-electron chi connectivity index (χ1n) is 5.94. The number of rotatable bonds is 3. The zero-order valence-corrected chi connectivity index (χ0v) is 11.0. The quantitative estimate of drug-likeness (QED) is 0.559. The Morgan fingerprint density at radius 1 is 1.55 bits per heavy atom. The largest absolute Gasteiger partial charge is 0.390 e. The van der Waals surface area contributed by atoms with Crippen molar-refractivity contribution in [3.8, 4) is 30.8 Å². The van der Waals surface area contributed by atoms with E-state index in [0.717, 1.165) is 6.20 Å². The lowest BCUT2D eigenvalue weighted by Gasteiger charge is -2.20. The highest BCUT2D eigenvalue weighted by atomic mass is 19.2. The second-order valence-corrected chi connectivity index (χ2v) is 4.40. The molecule has 1 saturated heterocycles. The van der Waals surface area contributed by atoms with Crippen LogP contribution in [0.1, 0.15) is 11.8 Å². The summed E-state index contributed by atoms with van der Waals surface area (Å²) in [5, 5.41) is 28.3. The van der Waals surface area contributed by atoms with Gasteiger partial charge in [-0.25, -0.2) is 9.18 Å². The van der Waals surface area contributed by atoms with Crippen molar-refractivity contribution in [1.29, 1.82) is 0 Å². The molecule has 0 radical (unpaired) electrons. The summed E-state index contributed by atoms with van der Waals surface area (Å²) in [6, 6.07) is 0. The Bertz CT molecular complexity index is 721. The number of halogens is 1. The van der Waals surface area contributed by atoms with Crippen LogP contribution in [-0.4, -0.2) is 49.5 Å². The molecule has 9 heteroatoms. The number of hydrogen-bond acceptors (Lipinski definition) is 7. The Hall–Kier alpha value is -2.43. The van der Waals surface area contributed by atoms with Crippen molar-refractivity contribution >= 4 is 0 Å². The predicted molar refractivity (Wildman–Crippen MR) is 69.0 cm³/mol. The molecule has 0 spiro atoms. The first kappa shape index (κ1) is 15.9. The molecule has 1 fully saturated rings. The molecule has 2 heterocycles. The van der Waals surface area contributed by atoms with Crippen molar-refractivity contribution in [2.24, 2.45) is 0 Å². The smallest absolute Gasteiger partial charge is 0.353 e. The highest BCUT2D eigenvalue weighted by Crippen LogP contribution is 2.37. The summed E-state index contributed by atoms with van der Waals surface area (Å²) in [5.41, 5.74) is -1.06. The third-order valence-corrected chi connectivity index (χ3v) is 3.09. The standard InChI is InChI=1S/C13H11FN2O6/c1-3-7-5-16(12(20)15-10(7)21-4-2)11-8(18)9(19)13(14,6-17)22-11/h1-2,5,8-9,11,17-19H,6H2/t8-,9+,11-,13-/m1/s1. The molecule has 1 aliphatic heterocycles. The van der Waals surface area contributed by atoms with Crippen LogP contribution in [0, 0.1) is 24.9 Å². The third kappa shape index (κ3) is 2.43. The highest BCUT2D eigenvalue weighted by molar-refractivity contribution is 5.38. The minimum Gasteiger partial charge on any atom is -0.390 e. The highest BCUT2D eigenvalue weighted by Gasteiger charge is 2.56. The number of ether oxygens (including phenoxy) is 2. The van der Waals surface area contributed by atoms with E-state index in [9.17, 15) is 19.4 Å². The number of alkyl halides is 1. The monoisotopic (exact) mass is 310 g/mol. The Kier molecular flexibility index (Phi) is 4.17. The summed E-state index contributed by atoms with van der Waals surface area (Å²) in [7, 11) is 0. The van der Waals surface area contributed by atoms with E-state index in [1.807, 2.05) is 0 Å². The Balaban J connectivity index is 2.49. The zero-order valence-electron chi connectivity index (χ0n) is 11.0. The average Bonchev–Trinajstić information content (AvgIpc) is 2.73. The van der Waals surface area contributed by atoms with Gasteiger partial charge >= 0.3 is 5.69 Å². The molecule has 0 amide bonds. The number of nitrogens with zero attached hydrogens (tertiary/aromatic N) is 2. The Morgan fingerprint density at radius 3 is 2.73 bits per heavy atom. The van der Waals surface area contributed by atoms with Gasteiger partial charge in [-0.15, -0.1) is 6.42 Å². The number of hydrogen-bond donors (Lipinski definition) is 3. The summed E-state index contributed by atoms with van der Waals surface area (Å²) >= 11 is 0. The summed E-state index contributed by atoms with van der Waals surface area (Å²) in [6.45, 7) is -1.22. The van der Waals surface area contributed by atoms with Gasteiger partial charge in [0.05, 0.1) is 0 Å². The molecular formula is C13H11FN2O6. The van der Waals surface area contributed by atoms with E-state index in [-0.39, 0.29) is 11.4 Å². The molecule has 0 saturated carbocycles. The fraction of sp³-hybridized carbons (Fsp3) is 0.385. The summed E-state index contributed by atoms with van der Waals surface area (Å²) in [4.78, 5) is 15.4. The lowest BCUT2D eigenvalue weighted by atomic mass is 10.1. The van der Waals surface area contributed by atoms with Gasteiger partial charge in [-0.05, 0) is 0 Å². The maximum absolute atomic E-state index is 14.0. The van der Waals surface area contributed by atoms with Crippen molar-refractivity contribution < 1.29 is 29.2 Å². The minimum absolute atomic E-state index is 0.0526. The maximum atomic E-state index is 14.0. The van der Waals surface area contributed by atoms with Crippen molar-refractivity contribution in [3.63, 3.8) is 0 Å². The molecule has 0 aliphatic carbocycles. The van der Waals surface area contributed by atoms with Gasteiger partial charge in [-0.1, -0.05) is 12.3 Å². The Morgan fingerprint density at radius 2 is 2.23 bits per heavy atom. The van der Waals surface area contributed by atoms with Crippen LogP contribution in [0.25, 0.3) is 0 Å². The van der Waals surface area contributed by atoms with Crippen molar-refractivity contribution in [2.75, 3.05) is 6.61 Å². The number of aliphatic hydroxyl groups is 3. The van der Waals surface area contributed by atoms with Gasteiger partial charge in [0, 0.05) is 6.20 Å². The van der Waals surface area contributed by atoms with E-state index < -0.39 is 36.6 Å². The lowest BCUT2D eigenvalue weighted by Crippen LogP contribution is -2.42. The molecular weight excluding hydrogens is 299 g/mol. The number of terminal acetylenes is 2. The van der Waals surface area contributed by atoms with E-state index >= 15 is 0 Å². The summed E-state index contributed by atoms with van der Waals surface area (Å²) in [5.74, 6) is -1.09. The molecule has 3 N–H and O–H groups in total. The van der Waals surface area contributed by atoms with Crippen LogP contribution in [0.15, 0.2) is 11.0 Å². The molecule has 1 aromatic rings. The van der Waals surface area contributed by atoms with Crippen LogP contribution in [0.5, 0.6) is 5.88 Å². The SMILES string of the molecule is C#COc1nc(=O)n([C@@H]2O[C@](F)(CO)[C@@H](O)[C@H]2O)cc1C#C. The molecule has 22 heavy (non-hydrogen) atoms. The summed E-state index contributed by atoms with van der Waals surface area (Å²) in [6.07, 6.45) is 7.41. The fourth-order valence-electron chi connectivity index (χ4n) is 1.97. The van der Waals surface area contributed by atoms with Crippen LogP contribution in [-0.2, 0) is 4.74 Å². The predicted octanol–water partition coefficient (Wildman–Crippen LogP) is -1.90. The first-order chi connectivity index (χ1) is 10.4. The van der Waals surface area contributed by atoms with Gasteiger partial charge in [0.25, 0.3) is 11.7 Å². The van der Waals surface area contributed by atoms with Crippen LogP contribution in [0.2, 0.25) is 0 Å². The Labute approximate surface area is 123 Å². The minimum atomic E-state index is -2.92.